The fourth-order valence-electron chi connectivity index (χ4n) is 3.00. The predicted octanol–water partition coefficient (Wildman–Crippen LogP) is 0.827. The van der Waals surface area contributed by atoms with E-state index >= 15 is 0 Å². The molecule has 2 aliphatic rings. The number of H-pyrrole nitrogens is 1. The molecule has 0 unspecified atom stereocenters. The minimum atomic E-state index is 0.460. The zero-order valence-electron chi connectivity index (χ0n) is 11.6. The summed E-state index contributed by atoms with van der Waals surface area (Å²) in [6.07, 6.45) is 3.20. The number of nitrogens with one attached hydrogen (secondary N) is 3. The zero-order chi connectivity index (χ0) is 13.5. The maximum atomic E-state index is 4.61. The Morgan fingerprint density at radius 1 is 1.25 bits per heavy atom. The highest BCUT2D eigenvalue weighted by atomic mass is 15.2. The normalized spacial score (nSPS) is 20.1. The van der Waals surface area contributed by atoms with Crippen molar-refractivity contribution >= 4 is 22.8 Å². The highest BCUT2D eigenvalue weighted by Gasteiger charge is 2.21. The Morgan fingerprint density at radius 3 is 2.95 bits per heavy atom. The van der Waals surface area contributed by atoms with Gasteiger partial charge in [0.1, 0.15) is 5.82 Å². The van der Waals surface area contributed by atoms with Gasteiger partial charge in [-0.2, -0.15) is 15.1 Å². The molecule has 4 rings (SSSR count). The lowest BCUT2D eigenvalue weighted by atomic mass is 10.1. The van der Waals surface area contributed by atoms with Gasteiger partial charge >= 0.3 is 0 Å². The second-order valence-corrected chi connectivity index (χ2v) is 5.69. The van der Waals surface area contributed by atoms with Crippen LogP contribution in [0.25, 0.3) is 11.0 Å². The number of nitrogens with zero attached hydrogens (tertiary/aromatic N) is 4. The Balaban J connectivity index is 1.61. The average Bonchev–Trinajstić information content (AvgIpc) is 2.87. The molecule has 0 aromatic carbocycles. The first-order chi connectivity index (χ1) is 9.79. The highest BCUT2D eigenvalue weighted by Crippen LogP contribution is 2.27. The molecule has 7 heteroatoms. The van der Waals surface area contributed by atoms with Crippen LogP contribution >= 0.6 is 0 Å². The summed E-state index contributed by atoms with van der Waals surface area (Å²) in [5.74, 6) is 1.60. The van der Waals surface area contributed by atoms with Gasteiger partial charge in [0.2, 0.25) is 5.95 Å². The van der Waals surface area contributed by atoms with Crippen LogP contribution in [0.5, 0.6) is 0 Å². The Morgan fingerprint density at radius 2 is 2.10 bits per heavy atom. The Bertz CT molecular complexity index is 627. The van der Waals surface area contributed by atoms with Crippen molar-refractivity contribution in [3.05, 3.63) is 5.69 Å². The van der Waals surface area contributed by atoms with Crippen LogP contribution in [-0.2, 0) is 6.42 Å². The van der Waals surface area contributed by atoms with Gasteiger partial charge in [-0.25, -0.2) is 0 Å². The Labute approximate surface area is 117 Å². The molecule has 0 aliphatic carbocycles. The van der Waals surface area contributed by atoms with E-state index < -0.39 is 0 Å². The molecule has 1 saturated heterocycles. The van der Waals surface area contributed by atoms with E-state index in [0.717, 1.165) is 61.4 Å². The first-order valence-electron chi connectivity index (χ1n) is 7.23. The number of rotatable bonds is 2. The summed E-state index contributed by atoms with van der Waals surface area (Å²) in [6.45, 7) is 3.13. The van der Waals surface area contributed by atoms with E-state index in [1.807, 2.05) is 0 Å². The molecule has 1 fully saturated rings. The van der Waals surface area contributed by atoms with E-state index in [2.05, 4.69) is 42.7 Å². The van der Waals surface area contributed by atoms with Crippen molar-refractivity contribution in [3.63, 3.8) is 0 Å². The molecular weight excluding hydrogens is 254 g/mol. The SMILES string of the molecule is CN1CCC(Nc2nc3c4c(n[nH]c4n2)CCN3)CC1. The average molecular weight is 273 g/mol. The first kappa shape index (κ1) is 11.9. The number of anilines is 2. The maximum absolute atomic E-state index is 4.61. The van der Waals surface area contributed by atoms with E-state index in [1.54, 1.807) is 0 Å². The molecule has 2 aromatic heterocycles. The topological polar surface area (TPSA) is 81.8 Å². The lowest BCUT2D eigenvalue weighted by molar-refractivity contribution is 0.263. The van der Waals surface area contributed by atoms with E-state index in [9.17, 15) is 0 Å². The van der Waals surface area contributed by atoms with E-state index in [-0.39, 0.29) is 0 Å². The number of aromatic amines is 1. The fraction of sp³-hybridized carbons (Fsp3) is 0.615. The van der Waals surface area contributed by atoms with Crippen molar-refractivity contribution in [2.45, 2.75) is 25.3 Å². The summed E-state index contributed by atoms with van der Waals surface area (Å²) < 4.78 is 0. The van der Waals surface area contributed by atoms with Crippen molar-refractivity contribution in [3.8, 4) is 0 Å². The van der Waals surface area contributed by atoms with Gasteiger partial charge in [0.25, 0.3) is 0 Å². The van der Waals surface area contributed by atoms with Crippen LogP contribution in [0.3, 0.4) is 0 Å². The van der Waals surface area contributed by atoms with Crippen molar-refractivity contribution in [2.24, 2.45) is 0 Å². The summed E-state index contributed by atoms with van der Waals surface area (Å²) in [7, 11) is 2.17. The Hall–Kier alpha value is -1.89. The monoisotopic (exact) mass is 273 g/mol. The minimum Gasteiger partial charge on any atom is -0.369 e. The van der Waals surface area contributed by atoms with Crippen molar-refractivity contribution < 1.29 is 0 Å². The lowest BCUT2D eigenvalue weighted by Gasteiger charge is -2.29. The van der Waals surface area contributed by atoms with Gasteiger partial charge in [0, 0.05) is 19.0 Å². The number of piperidine rings is 1. The van der Waals surface area contributed by atoms with Crippen LogP contribution in [0.1, 0.15) is 18.5 Å². The zero-order valence-corrected chi connectivity index (χ0v) is 11.6. The molecule has 106 valence electrons. The van der Waals surface area contributed by atoms with E-state index in [1.165, 1.54) is 0 Å². The third-order valence-corrected chi connectivity index (χ3v) is 4.20. The predicted molar refractivity (Wildman–Crippen MR) is 78.0 cm³/mol. The molecule has 7 nitrogen and oxygen atoms in total. The second-order valence-electron chi connectivity index (χ2n) is 5.69. The first-order valence-corrected chi connectivity index (χ1v) is 7.23. The van der Waals surface area contributed by atoms with Crippen LogP contribution in [-0.4, -0.2) is 57.8 Å². The van der Waals surface area contributed by atoms with Crippen LogP contribution in [0.2, 0.25) is 0 Å². The second kappa shape index (κ2) is 4.59. The van der Waals surface area contributed by atoms with E-state index in [4.69, 9.17) is 0 Å². The summed E-state index contributed by atoms with van der Waals surface area (Å²) in [6, 6.07) is 0.460. The highest BCUT2D eigenvalue weighted by molar-refractivity contribution is 5.91. The summed E-state index contributed by atoms with van der Waals surface area (Å²) in [5, 5.41) is 15.2. The van der Waals surface area contributed by atoms with Crippen LogP contribution in [0.4, 0.5) is 11.8 Å². The van der Waals surface area contributed by atoms with E-state index in [0.29, 0.717) is 12.0 Å². The van der Waals surface area contributed by atoms with Crippen LogP contribution in [0, 0.1) is 0 Å². The molecule has 0 radical (unpaired) electrons. The molecule has 0 amide bonds. The largest absolute Gasteiger partial charge is 0.369 e. The molecule has 0 spiro atoms. The molecule has 2 aliphatic heterocycles. The van der Waals surface area contributed by atoms with Crippen LogP contribution < -0.4 is 10.6 Å². The number of hydrogen-bond acceptors (Lipinski definition) is 6. The lowest BCUT2D eigenvalue weighted by Crippen LogP contribution is -2.37. The molecule has 4 heterocycles. The van der Waals surface area contributed by atoms with Crippen molar-refractivity contribution in [1.29, 1.82) is 0 Å². The smallest absolute Gasteiger partial charge is 0.226 e. The maximum Gasteiger partial charge on any atom is 0.226 e. The molecular formula is C13H19N7. The third kappa shape index (κ3) is 1.98. The van der Waals surface area contributed by atoms with Gasteiger partial charge in [-0.15, -0.1) is 0 Å². The van der Waals surface area contributed by atoms with Crippen molar-refractivity contribution in [2.75, 3.05) is 37.3 Å². The fourth-order valence-corrected chi connectivity index (χ4v) is 3.00. The summed E-state index contributed by atoms with van der Waals surface area (Å²) in [5.41, 5.74) is 1.90. The third-order valence-electron chi connectivity index (χ3n) is 4.20. The van der Waals surface area contributed by atoms with Crippen LogP contribution in [0.15, 0.2) is 0 Å². The molecule has 0 saturated carbocycles. The summed E-state index contributed by atoms with van der Waals surface area (Å²) in [4.78, 5) is 11.5. The standard InChI is InChI=1S/C13H19N7/c1-20-6-3-8(4-7-20)15-13-16-11-10-9(2-5-14-11)18-19-12(10)17-13/h8H,2-7H2,1H3,(H3,14,15,16,17,18,19). The number of aromatic nitrogens is 4. The minimum absolute atomic E-state index is 0.460. The van der Waals surface area contributed by atoms with Gasteiger partial charge in [-0.3, -0.25) is 5.10 Å². The van der Waals surface area contributed by atoms with Gasteiger partial charge in [0.05, 0.1) is 11.1 Å². The molecule has 0 bridgehead atoms. The molecule has 3 N–H and O–H groups in total. The molecule has 2 aromatic rings. The van der Waals surface area contributed by atoms with Gasteiger partial charge in [-0.1, -0.05) is 0 Å². The quantitative estimate of drug-likeness (QED) is 0.752. The number of likely N-dealkylation sites (tertiary alicyclic amines) is 1. The van der Waals surface area contributed by atoms with Gasteiger partial charge in [-0.05, 0) is 33.0 Å². The molecule has 20 heavy (non-hydrogen) atoms. The molecule has 0 atom stereocenters. The summed E-state index contributed by atoms with van der Waals surface area (Å²) >= 11 is 0. The van der Waals surface area contributed by atoms with Crippen molar-refractivity contribution in [1.82, 2.24) is 25.1 Å². The Kier molecular flexibility index (Phi) is 2.73. The van der Waals surface area contributed by atoms with Gasteiger partial charge < -0.3 is 15.5 Å². The number of hydrogen-bond donors (Lipinski definition) is 3. The van der Waals surface area contributed by atoms with Gasteiger partial charge in [0.15, 0.2) is 5.65 Å².